The van der Waals surface area contributed by atoms with Crippen molar-refractivity contribution in [2.45, 2.75) is 6.92 Å². The van der Waals surface area contributed by atoms with Crippen LogP contribution >= 0.6 is 31.9 Å². The number of pyridine rings is 1. The zero-order valence-electron chi connectivity index (χ0n) is 12.0. The minimum absolute atomic E-state index is 0.197. The molecule has 0 saturated heterocycles. The Morgan fingerprint density at radius 2 is 1.78 bits per heavy atom. The molecule has 0 bridgehead atoms. The minimum atomic E-state index is -0.678. The number of nitrogens with zero attached hydrogens (tertiary/aromatic N) is 1. The Morgan fingerprint density at radius 1 is 1.22 bits per heavy atom. The van der Waals surface area contributed by atoms with Crippen LogP contribution in [-0.2, 0) is 9.53 Å². The van der Waals surface area contributed by atoms with Gasteiger partial charge < -0.3 is 15.3 Å². The van der Waals surface area contributed by atoms with Gasteiger partial charge in [-0.05, 0) is 56.5 Å². The third-order valence-corrected chi connectivity index (χ3v) is 4.07. The molecule has 6 nitrogen and oxygen atoms in total. The first kappa shape index (κ1) is 17.4. The number of hydrogen-bond acceptors (Lipinski definition) is 4. The highest BCUT2D eigenvalue weighted by molar-refractivity contribution is 9.11. The number of esters is 1. The van der Waals surface area contributed by atoms with E-state index in [4.69, 9.17) is 4.74 Å². The normalized spacial score (nSPS) is 10.2. The second kappa shape index (κ2) is 7.56. The molecular weight excluding hydrogens is 432 g/mol. The Morgan fingerprint density at radius 3 is 2.35 bits per heavy atom. The van der Waals surface area contributed by atoms with Gasteiger partial charge in [-0.2, -0.15) is 4.73 Å². The van der Waals surface area contributed by atoms with Crippen molar-refractivity contribution in [2.75, 3.05) is 11.9 Å². The van der Waals surface area contributed by atoms with Crippen LogP contribution in [0, 0.1) is 12.1 Å². The molecule has 0 spiro atoms. The third-order valence-electron chi connectivity index (χ3n) is 2.82. The van der Waals surface area contributed by atoms with Crippen molar-refractivity contribution in [1.82, 2.24) is 0 Å². The number of aromatic nitrogens is 1. The van der Waals surface area contributed by atoms with E-state index in [1.54, 1.807) is 0 Å². The van der Waals surface area contributed by atoms with Crippen molar-refractivity contribution in [3.05, 3.63) is 61.9 Å². The van der Waals surface area contributed by atoms with E-state index in [1.807, 2.05) is 19.1 Å². The second-order valence-electron chi connectivity index (χ2n) is 4.67. The number of aryl methyl sites for hydroxylation is 1. The van der Waals surface area contributed by atoms with E-state index >= 15 is 0 Å². The molecule has 1 N–H and O–H groups in total. The molecule has 120 valence electrons. The molecule has 1 aromatic heterocycles. The summed E-state index contributed by atoms with van der Waals surface area (Å²) in [5.41, 5.74) is 1.78. The number of nitrogens with one attached hydrogen (secondary N) is 1. The Hall–Kier alpha value is -1.93. The molecule has 0 unspecified atom stereocenters. The van der Waals surface area contributed by atoms with Gasteiger partial charge in [0.2, 0.25) is 0 Å². The summed E-state index contributed by atoms with van der Waals surface area (Å²) in [6, 6.07) is 6.35. The van der Waals surface area contributed by atoms with Gasteiger partial charge in [0.15, 0.2) is 19.0 Å². The first-order chi connectivity index (χ1) is 10.9. The lowest BCUT2D eigenvalue weighted by Crippen LogP contribution is -2.25. The molecule has 1 amide bonds. The van der Waals surface area contributed by atoms with E-state index in [2.05, 4.69) is 37.2 Å². The maximum Gasteiger partial charge on any atom is 0.339 e. The summed E-state index contributed by atoms with van der Waals surface area (Å²) in [5, 5.41) is 13.6. The first-order valence-electron chi connectivity index (χ1n) is 6.48. The number of carbonyl (C=O) groups excluding carboxylic acids is 2. The second-order valence-corrected chi connectivity index (χ2v) is 6.38. The molecule has 0 atom stereocenters. The molecule has 0 aliphatic carbocycles. The predicted octanol–water partition coefficient (Wildman–Crippen LogP) is 2.95. The summed E-state index contributed by atoms with van der Waals surface area (Å²) in [6.45, 7) is 1.49. The molecule has 0 saturated carbocycles. The highest BCUT2D eigenvalue weighted by Gasteiger charge is 2.14. The van der Waals surface area contributed by atoms with E-state index in [-0.39, 0.29) is 5.56 Å². The molecule has 1 heterocycles. The standard InChI is InChI=1S/C15H12Br2N2O4/c1-9-6-11(16)14(12(17)7-9)18-13(20)8-23-15(21)10-2-4-19(22)5-3-10/h2-7H,8H2,1H3,(H,18,20). The number of ether oxygens (including phenoxy) is 1. The topological polar surface area (TPSA) is 82.3 Å². The molecule has 8 heteroatoms. The van der Waals surface area contributed by atoms with Gasteiger partial charge in [0.25, 0.3) is 5.91 Å². The summed E-state index contributed by atoms with van der Waals surface area (Å²) in [6.07, 6.45) is 2.36. The largest absolute Gasteiger partial charge is 0.619 e. The zero-order valence-corrected chi connectivity index (χ0v) is 15.2. The molecule has 0 aliphatic rings. The van der Waals surface area contributed by atoms with Gasteiger partial charge >= 0.3 is 5.97 Å². The quantitative estimate of drug-likeness (QED) is 0.447. The van der Waals surface area contributed by atoms with Gasteiger partial charge in [-0.25, -0.2) is 4.79 Å². The van der Waals surface area contributed by atoms with Crippen molar-refractivity contribution in [2.24, 2.45) is 0 Å². The monoisotopic (exact) mass is 442 g/mol. The van der Waals surface area contributed by atoms with E-state index < -0.39 is 18.5 Å². The number of benzene rings is 1. The highest BCUT2D eigenvalue weighted by atomic mass is 79.9. The first-order valence-corrected chi connectivity index (χ1v) is 8.07. The fraction of sp³-hybridized carbons (Fsp3) is 0.133. The number of hydrogen-bond donors (Lipinski definition) is 1. The van der Waals surface area contributed by atoms with Crippen molar-refractivity contribution < 1.29 is 19.1 Å². The average Bonchev–Trinajstić information content (AvgIpc) is 2.49. The Bertz CT molecular complexity index is 725. The van der Waals surface area contributed by atoms with Crippen LogP contribution in [0.25, 0.3) is 0 Å². The Kier molecular flexibility index (Phi) is 5.73. The Balaban J connectivity index is 1.95. The lowest BCUT2D eigenvalue weighted by atomic mass is 10.2. The molecule has 23 heavy (non-hydrogen) atoms. The van der Waals surface area contributed by atoms with Gasteiger partial charge in [-0.15, -0.1) is 0 Å². The SMILES string of the molecule is Cc1cc(Br)c(NC(=O)COC(=O)c2cc[n+]([O-])cc2)c(Br)c1. The lowest BCUT2D eigenvalue weighted by molar-refractivity contribution is -0.605. The van der Waals surface area contributed by atoms with Gasteiger partial charge in [0.1, 0.15) is 0 Å². The van der Waals surface area contributed by atoms with E-state index in [9.17, 15) is 14.8 Å². The van der Waals surface area contributed by atoms with Crippen LogP contribution in [0.5, 0.6) is 0 Å². The van der Waals surface area contributed by atoms with E-state index in [1.165, 1.54) is 24.5 Å². The lowest BCUT2D eigenvalue weighted by Gasteiger charge is -2.11. The number of amides is 1. The molecule has 2 aromatic rings. The molecule has 0 aliphatic heterocycles. The molecule has 2 rings (SSSR count). The minimum Gasteiger partial charge on any atom is -0.619 e. The summed E-state index contributed by atoms with van der Waals surface area (Å²) in [4.78, 5) is 23.7. The average molecular weight is 444 g/mol. The fourth-order valence-corrected chi connectivity index (χ4v) is 3.37. The molecular formula is C15H12Br2N2O4. The van der Waals surface area contributed by atoms with Crippen molar-refractivity contribution in [1.29, 1.82) is 0 Å². The predicted molar refractivity (Wildman–Crippen MR) is 90.9 cm³/mol. The van der Waals surface area contributed by atoms with Gasteiger partial charge in [-0.1, -0.05) is 0 Å². The van der Waals surface area contributed by atoms with Crippen molar-refractivity contribution in [3.8, 4) is 0 Å². The van der Waals surface area contributed by atoms with Crippen LogP contribution in [0.4, 0.5) is 5.69 Å². The highest BCUT2D eigenvalue weighted by Crippen LogP contribution is 2.32. The van der Waals surface area contributed by atoms with Crippen LogP contribution in [0.3, 0.4) is 0 Å². The van der Waals surface area contributed by atoms with Gasteiger partial charge in [0, 0.05) is 21.1 Å². The molecule has 1 aromatic carbocycles. The summed E-state index contributed by atoms with van der Waals surface area (Å²) in [7, 11) is 0. The number of carbonyl (C=O) groups is 2. The van der Waals surface area contributed by atoms with Crippen LogP contribution in [0.15, 0.2) is 45.6 Å². The van der Waals surface area contributed by atoms with Gasteiger partial charge in [0.05, 0.1) is 11.3 Å². The smallest absolute Gasteiger partial charge is 0.339 e. The maximum absolute atomic E-state index is 11.9. The Labute approximate surface area is 149 Å². The number of anilines is 1. The van der Waals surface area contributed by atoms with Crippen molar-refractivity contribution >= 4 is 49.4 Å². The van der Waals surface area contributed by atoms with Crippen LogP contribution < -0.4 is 10.0 Å². The third kappa shape index (κ3) is 4.77. The van der Waals surface area contributed by atoms with E-state index in [0.29, 0.717) is 19.4 Å². The van der Waals surface area contributed by atoms with E-state index in [0.717, 1.165) is 5.56 Å². The number of rotatable bonds is 4. The van der Waals surface area contributed by atoms with Gasteiger partial charge in [-0.3, -0.25) is 4.79 Å². The molecule has 0 radical (unpaired) electrons. The number of halogens is 2. The maximum atomic E-state index is 11.9. The van der Waals surface area contributed by atoms with Crippen LogP contribution in [0.1, 0.15) is 15.9 Å². The fourth-order valence-electron chi connectivity index (χ4n) is 1.76. The van der Waals surface area contributed by atoms with Crippen molar-refractivity contribution in [3.63, 3.8) is 0 Å². The van der Waals surface area contributed by atoms with Crippen LogP contribution in [-0.4, -0.2) is 18.5 Å². The summed E-state index contributed by atoms with van der Waals surface area (Å²) in [5.74, 6) is -1.15. The van der Waals surface area contributed by atoms with Crippen LogP contribution in [0.2, 0.25) is 0 Å². The summed E-state index contributed by atoms with van der Waals surface area (Å²) < 4.78 is 6.89. The zero-order chi connectivity index (χ0) is 17.0. The summed E-state index contributed by atoms with van der Waals surface area (Å²) >= 11 is 6.73. The molecule has 0 fully saturated rings.